The first-order valence-electron chi connectivity index (χ1n) is 8.33. The van der Waals surface area contributed by atoms with Crippen LogP contribution < -0.4 is 5.43 Å². The fraction of sp³-hybridized carbons (Fsp3) is 0.556. The highest BCUT2D eigenvalue weighted by Crippen LogP contribution is 2.58. The fourth-order valence-corrected chi connectivity index (χ4v) is 4.39. The Labute approximate surface area is 147 Å². The minimum Gasteiger partial charge on any atom is -0.272 e. The molecular formula is C18H24N4OS. The maximum Gasteiger partial charge on any atom is 0.250 e. The number of allylic oxidation sites excluding steroid dienone is 2. The summed E-state index contributed by atoms with van der Waals surface area (Å²) in [6.07, 6.45) is 6.45. The standard InChI is InChI=1S/C18H24N4OS/c1-11-7-12(2)21-17(20-11)24-10-16(23)22-19-9-13-5-6-14-8-15(13)18(14,3)4/h5,7,9,14-15H,6,8,10H2,1-4H3,(H,22,23)/b19-9-/t14-,15-/m1/s1. The van der Waals surface area contributed by atoms with Crippen molar-refractivity contribution in [1.29, 1.82) is 0 Å². The number of hydrogen-bond acceptors (Lipinski definition) is 5. The Morgan fingerprint density at radius 2 is 2.12 bits per heavy atom. The lowest BCUT2D eigenvalue weighted by Crippen LogP contribution is -2.48. The largest absolute Gasteiger partial charge is 0.272 e. The van der Waals surface area contributed by atoms with Gasteiger partial charge in [0.2, 0.25) is 0 Å². The quantitative estimate of drug-likeness (QED) is 0.385. The molecule has 5 nitrogen and oxygen atoms in total. The number of nitrogens with zero attached hydrogens (tertiary/aromatic N) is 3. The van der Waals surface area contributed by atoms with Crippen LogP contribution in [0.1, 0.15) is 38.1 Å². The van der Waals surface area contributed by atoms with Gasteiger partial charge in [-0.25, -0.2) is 15.4 Å². The second kappa shape index (κ2) is 6.67. The van der Waals surface area contributed by atoms with E-state index in [1.54, 1.807) is 0 Å². The van der Waals surface area contributed by atoms with Gasteiger partial charge < -0.3 is 0 Å². The Balaban J connectivity index is 1.48. The number of nitrogens with one attached hydrogen (secondary N) is 1. The zero-order chi connectivity index (χ0) is 17.3. The molecule has 1 heterocycles. The first-order chi connectivity index (χ1) is 11.4. The van der Waals surface area contributed by atoms with E-state index in [0.29, 0.717) is 16.5 Å². The summed E-state index contributed by atoms with van der Waals surface area (Å²) in [5, 5.41) is 4.76. The van der Waals surface area contributed by atoms with Crippen LogP contribution in [0, 0.1) is 31.1 Å². The molecule has 0 aliphatic heterocycles. The Morgan fingerprint density at radius 3 is 2.75 bits per heavy atom. The predicted molar refractivity (Wildman–Crippen MR) is 96.9 cm³/mol. The van der Waals surface area contributed by atoms with Gasteiger partial charge in [-0.3, -0.25) is 4.79 Å². The molecule has 24 heavy (non-hydrogen) atoms. The van der Waals surface area contributed by atoms with Crippen molar-refractivity contribution in [3.05, 3.63) is 29.1 Å². The smallest absolute Gasteiger partial charge is 0.250 e. The van der Waals surface area contributed by atoms with E-state index in [2.05, 4.69) is 40.4 Å². The number of hydrazone groups is 1. The first-order valence-corrected chi connectivity index (χ1v) is 9.32. The van der Waals surface area contributed by atoms with Crippen LogP contribution in [-0.4, -0.2) is 27.8 Å². The molecule has 1 amide bonds. The van der Waals surface area contributed by atoms with Crippen molar-refractivity contribution in [2.75, 3.05) is 5.75 Å². The van der Waals surface area contributed by atoms with Gasteiger partial charge in [0.05, 0.1) is 12.0 Å². The monoisotopic (exact) mass is 344 g/mol. The van der Waals surface area contributed by atoms with Crippen molar-refractivity contribution in [2.45, 2.75) is 45.7 Å². The molecule has 0 spiro atoms. The third-order valence-corrected chi connectivity index (χ3v) is 6.06. The molecule has 1 aromatic heterocycles. The lowest BCUT2D eigenvalue weighted by molar-refractivity contribution is -0.118. The summed E-state index contributed by atoms with van der Waals surface area (Å²) in [6, 6.07) is 1.92. The second-order valence-corrected chi connectivity index (χ2v) is 8.20. The molecule has 3 aliphatic carbocycles. The number of aryl methyl sites for hydroxylation is 2. The van der Waals surface area contributed by atoms with Gasteiger partial charge in [0, 0.05) is 11.4 Å². The van der Waals surface area contributed by atoms with Gasteiger partial charge in [-0.15, -0.1) is 0 Å². The summed E-state index contributed by atoms with van der Waals surface area (Å²) in [6.45, 7) is 8.50. The van der Waals surface area contributed by atoms with Gasteiger partial charge >= 0.3 is 0 Å². The molecule has 3 aliphatic rings. The Bertz CT molecular complexity index is 691. The molecular weight excluding hydrogens is 320 g/mol. The number of hydrogen-bond donors (Lipinski definition) is 1. The average molecular weight is 344 g/mol. The van der Waals surface area contributed by atoms with E-state index in [1.165, 1.54) is 23.8 Å². The maximum atomic E-state index is 11.9. The van der Waals surface area contributed by atoms with Gasteiger partial charge in [0.15, 0.2) is 5.16 Å². The molecule has 1 fully saturated rings. The zero-order valence-electron chi connectivity index (χ0n) is 14.7. The number of thioether (sulfide) groups is 1. The molecule has 2 bridgehead atoms. The van der Waals surface area contributed by atoms with Crippen LogP contribution >= 0.6 is 11.8 Å². The Morgan fingerprint density at radius 1 is 1.42 bits per heavy atom. The van der Waals surface area contributed by atoms with Crippen molar-refractivity contribution in [2.24, 2.45) is 22.4 Å². The van der Waals surface area contributed by atoms with E-state index in [-0.39, 0.29) is 11.7 Å². The minimum absolute atomic E-state index is 0.138. The van der Waals surface area contributed by atoms with Crippen LogP contribution in [0.2, 0.25) is 0 Å². The van der Waals surface area contributed by atoms with Crippen LogP contribution in [0.15, 0.2) is 28.0 Å². The van der Waals surface area contributed by atoms with Crippen LogP contribution in [-0.2, 0) is 4.79 Å². The highest BCUT2D eigenvalue weighted by molar-refractivity contribution is 7.99. The molecule has 6 heteroatoms. The summed E-state index contributed by atoms with van der Waals surface area (Å²) in [5.74, 6) is 1.51. The van der Waals surface area contributed by atoms with E-state index in [0.717, 1.165) is 23.7 Å². The van der Waals surface area contributed by atoms with E-state index < -0.39 is 0 Å². The molecule has 2 atom stereocenters. The molecule has 0 radical (unpaired) electrons. The summed E-state index contributed by atoms with van der Waals surface area (Å²) >= 11 is 1.33. The van der Waals surface area contributed by atoms with Gasteiger partial charge in [0.25, 0.3) is 5.91 Å². The van der Waals surface area contributed by atoms with Crippen molar-refractivity contribution in [3.8, 4) is 0 Å². The summed E-state index contributed by atoms with van der Waals surface area (Å²) in [5.41, 5.74) is 6.06. The van der Waals surface area contributed by atoms with Crippen LogP contribution in [0.4, 0.5) is 0 Å². The minimum atomic E-state index is -0.138. The van der Waals surface area contributed by atoms with Crippen molar-refractivity contribution in [1.82, 2.24) is 15.4 Å². The van der Waals surface area contributed by atoms with Gasteiger partial charge in [0.1, 0.15) is 0 Å². The van der Waals surface area contributed by atoms with E-state index in [4.69, 9.17) is 0 Å². The van der Waals surface area contributed by atoms with Gasteiger partial charge in [-0.2, -0.15) is 5.10 Å². The number of carbonyl (C=O) groups excluding carboxylic acids is 1. The molecule has 0 saturated heterocycles. The zero-order valence-corrected chi connectivity index (χ0v) is 15.5. The molecule has 1 saturated carbocycles. The molecule has 128 valence electrons. The summed E-state index contributed by atoms with van der Waals surface area (Å²) in [4.78, 5) is 20.6. The second-order valence-electron chi connectivity index (χ2n) is 7.26. The van der Waals surface area contributed by atoms with Crippen LogP contribution in [0.3, 0.4) is 0 Å². The predicted octanol–water partition coefficient (Wildman–Crippen LogP) is 3.28. The van der Waals surface area contributed by atoms with Gasteiger partial charge in [-0.1, -0.05) is 31.7 Å². The highest BCUT2D eigenvalue weighted by Gasteiger charge is 2.50. The molecule has 4 rings (SSSR count). The van der Waals surface area contributed by atoms with Crippen molar-refractivity contribution < 1.29 is 4.79 Å². The van der Waals surface area contributed by atoms with Crippen molar-refractivity contribution >= 4 is 23.9 Å². The third kappa shape index (κ3) is 3.53. The molecule has 0 unspecified atom stereocenters. The number of aromatic nitrogens is 2. The number of carbonyl (C=O) groups is 1. The van der Waals surface area contributed by atoms with E-state index in [1.807, 2.05) is 26.1 Å². The highest BCUT2D eigenvalue weighted by atomic mass is 32.2. The molecule has 1 aromatic rings. The lowest BCUT2D eigenvalue weighted by atomic mass is 9.49. The summed E-state index contributed by atoms with van der Waals surface area (Å²) < 4.78 is 0. The first kappa shape index (κ1) is 17.1. The van der Waals surface area contributed by atoms with Crippen LogP contribution in [0.25, 0.3) is 0 Å². The maximum absolute atomic E-state index is 11.9. The average Bonchev–Trinajstić information content (AvgIpc) is 2.52. The van der Waals surface area contributed by atoms with E-state index in [9.17, 15) is 4.79 Å². The SMILES string of the molecule is Cc1cc(C)nc(SCC(=O)N/N=C\C2=CC[C@@H]3C[C@H]2C3(C)C)n1. The Hall–Kier alpha value is -1.69. The molecule has 1 N–H and O–H groups in total. The third-order valence-electron chi connectivity index (χ3n) is 5.21. The van der Waals surface area contributed by atoms with E-state index >= 15 is 0 Å². The Kier molecular flexibility index (Phi) is 4.76. The lowest BCUT2D eigenvalue weighted by Gasteiger charge is -2.55. The number of amides is 1. The number of fused-ring (bicyclic) bond motifs is 1. The van der Waals surface area contributed by atoms with Gasteiger partial charge in [-0.05, 0) is 55.6 Å². The topological polar surface area (TPSA) is 67.2 Å². The fourth-order valence-electron chi connectivity index (χ4n) is 3.64. The number of rotatable bonds is 5. The van der Waals surface area contributed by atoms with Crippen LogP contribution in [0.5, 0.6) is 0 Å². The summed E-state index contributed by atoms with van der Waals surface area (Å²) in [7, 11) is 0. The molecule has 0 aromatic carbocycles. The normalized spacial score (nSPS) is 24.4. The van der Waals surface area contributed by atoms with Crippen molar-refractivity contribution in [3.63, 3.8) is 0 Å².